The summed E-state index contributed by atoms with van der Waals surface area (Å²) in [4.78, 5) is 10.3. The second kappa shape index (κ2) is 4.26. The molecule has 0 aliphatic carbocycles. The zero-order chi connectivity index (χ0) is 8.97. The summed E-state index contributed by atoms with van der Waals surface area (Å²) in [5.74, 6) is 1.30. The summed E-state index contributed by atoms with van der Waals surface area (Å²) >= 11 is 5.58. The van der Waals surface area contributed by atoms with Crippen molar-refractivity contribution in [3.8, 4) is 0 Å². The van der Waals surface area contributed by atoms with Gasteiger partial charge >= 0.3 is 0 Å². The molecule has 0 atom stereocenters. The van der Waals surface area contributed by atoms with Gasteiger partial charge in [0.2, 0.25) is 0 Å². The van der Waals surface area contributed by atoms with E-state index in [4.69, 9.17) is 11.6 Å². The van der Waals surface area contributed by atoms with E-state index in [1.165, 1.54) is 0 Å². The van der Waals surface area contributed by atoms with E-state index in [2.05, 4.69) is 16.9 Å². The lowest BCUT2D eigenvalue weighted by molar-refractivity contribution is 0.920. The van der Waals surface area contributed by atoms with Gasteiger partial charge in [0.1, 0.15) is 5.82 Å². The van der Waals surface area contributed by atoms with E-state index < -0.39 is 0 Å². The number of aromatic nitrogens is 2. The SMILES string of the molecule is CCN(C)c1cnc(CCl)cn1. The molecule has 1 heterocycles. The van der Waals surface area contributed by atoms with Crippen LogP contribution in [-0.4, -0.2) is 23.6 Å². The number of hydrogen-bond acceptors (Lipinski definition) is 3. The van der Waals surface area contributed by atoms with Crippen LogP contribution in [0.25, 0.3) is 0 Å². The van der Waals surface area contributed by atoms with Crippen molar-refractivity contribution < 1.29 is 0 Å². The van der Waals surface area contributed by atoms with Gasteiger partial charge in [0.15, 0.2) is 0 Å². The van der Waals surface area contributed by atoms with E-state index in [0.717, 1.165) is 18.1 Å². The number of alkyl halides is 1. The molecular formula is C8H12ClN3. The standard InChI is InChI=1S/C8H12ClN3/c1-3-12(2)8-6-10-7(4-9)5-11-8/h5-6H,3-4H2,1-2H3. The van der Waals surface area contributed by atoms with E-state index >= 15 is 0 Å². The van der Waals surface area contributed by atoms with Crippen LogP contribution in [0.1, 0.15) is 12.6 Å². The van der Waals surface area contributed by atoms with Gasteiger partial charge in [-0.15, -0.1) is 11.6 Å². The monoisotopic (exact) mass is 185 g/mol. The molecule has 1 aromatic heterocycles. The number of halogens is 1. The molecule has 66 valence electrons. The summed E-state index contributed by atoms with van der Waals surface area (Å²) < 4.78 is 0. The molecule has 0 spiro atoms. The van der Waals surface area contributed by atoms with Crippen molar-refractivity contribution in [2.75, 3.05) is 18.5 Å². The fraction of sp³-hybridized carbons (Fsp3) is 0.500. The maximum Gasteiger partial charge on any atom is 0.146 e. The zero-order valence-corrected chi connectivity index (χ0v) is 8.04. The third-order valence-corrected chi connectivity index (χ3v) is 1.97. The molecular weight excluding hydrogens is 174 g/mol. The third kappa shape index (κ3) is 2.08. The lowest BCUT2D eigenvalue weighted by atomic mass is 10.5. The molecule has 0 saturated carbocycles. The van der Waals surface area contributed by atoms with Crippen molar-refractivity contribution in [3.63, 3.8) is 0 Å². The molecule has 0 radical (unpaired) electrons. The molecule has 0 N–H and O–H groups in total. The first-order valence-corrected chi connectivity index (χ1v) is 4.39. The Morgan fingerprint density at radius 3 is 2.58 bits per heavy atom. The van der Waals surface area contributed by atoms with Gasteiger partial charge in [0.05, 0.1) is 24.0 Å². The molecule has 0 unspecified atom stereocenters. The molecule has 3 nitrogen and oxygen atoms in total. The van der Waals surface area contributed by atoms with E-state index in [0.29, 0.717) is 5.88 Å². The summed E-state index contributed by atoms with van der Waals surface area (Å²) in [6, 6.07) is 0. The predicted octanol–water partition coefficient (Wildman–Crippen LogP) is 1.67. The largest absolute Gasteiger partial charge is 0.359 e. The molecule has 12 heavy (non-hydrogen) atoms. The van der Waals surface area contributed by atoms with Crippen LogP contribution >= 0.6 is 11.6 Å². The normalized spacial score (nSPS) is 9.92. The molecule has 0 fully saturated rings. The minimum atomic E-state index is 0.420. The van der Waals surface area contributed by atoms with Crippen LogP contribution in [0.3, 0.4) is 0 Å². The molecule has 0 bridgehead atoms. The second-order valence-electron chi connectivity index (χ2n) is 2.51. The smallest absolute Gasteiger partial charge is 0.146 e. The highest BCUT2D eigenvalue weighted by molar-refractivity contribution is 6.16. The molecule has 1 rings (SSSR count). The lowest BCUT2D eigenvalue weighted by Gasteiger charge is -2.14. The number of hydrogen-bond donors (Lipinski definition) is 0. The van der Waals surface area contributed by atoms with E-state index in [1.807, 2.05) is 11.9 Å². The highest BCUT2D eigenvalue weighted by Gasteiger charge is 1.99. The Hall–Kier alpha value is -0.830. The van der Waals surface area contributed by atoms with Crippen LogP contribution in [0, 0.1) is 0 Å². The minimum absolute atomic E-state index is 0.420. The van der Waals surface area contributed by atoms with Crippen LogP contribution in [-0.2, 0) is 5.88 Å². The van der Waals surface area contributed by atoms with Gasteiger partial charge in [-0.2, -0.15) is 0 Å². The summed E-state index contributed by atoms with van der Waals surface area (Å²) in [6.45, 7) is 2.99. The van der Waals surface area contributed by atoms with E-state index in [-0.39, 0.29) is 0 Å². The van der Waals surface area contributed by atoms with E-state index in [1.54, 1.807) is 12.4 Å². The first-order chi connectivity index (χ1) is 5.77. The highest BCUT2D eigenvalue weighted by Crippen LogP contribution is 2.06. The Morgan fingerprint density at radius 2 is 2.17 bits per heavy atom. The Morgan fingerprint density at radius 1 is 1.42 bits per heavy atom. The Kier molecular flexibility index (Phi) is 3.29. The van der Waals surface area contributed by atoms with Crippen molar-refractivity contribution >= 4 is 17.4 Å². The van der Waals surface area contributed by atoms with Crippen molar-refractivity contribution in [1.29, 1.82) is 0 Å². The molecule has 0 amide bonds. The van der Waals surface area contributed by atoms with Crippen molar-refractivity contribution in [1.82, 2.24) is 9.97 Å². The first-order valence-electron chi connectivity index (χ1n) is 3.86. The summed E-state index contributed by atoms with van der Waals surface area (Å²) in [5, 5.41) is 0. The van der Waals surface area contributed by atoms with Crippen LogP contribution < -0.4 is 4.90 Å². The van der Waals surface area contributed by atoms with Gasteiger partial charge in [0.25, 0.3) is 0 Å². The maximum absolute atomic E-state index is 5.58. The number of rotatable bonds is 3. The lowest BCUT2D eigenvalue weighted by Crippen LogP contribution is -2.17. The van der Waals surface area contributed by atoms with Crippen molar-refractivity contribution in [2.24, 2.45) is 0 Å². The van der Waals surface area contributed by atoms with Gasteiger partial charge in [-0.3, -0.25) is 4.98 Å². The summed E-state index contributed by atoms with van der Waals surface area (Å²) in [7, 11) is 1.98. The quantitative estimate of drug-likeness (QED) is 0.671. The van der Waals surface area contributed by atoms with Gasteiger partial charge < -0.3 is 4.90 Å². The molecule has 0 aromatic carbocycles. The van der Waals surface area contributed by atoms with Gasteiger partial charge in [-0.05, 0) is 6.92 Å². The third-order valence-electron chi connectivity index (χ3n) is 1.69. The second-order valence-corrected chi connectivity index (χ2v) is 2.78. The molecule has 0 aliphatic rings. The van der Waals surface area contributed by atoms with Crippen LogP contribution in [0.5, 0.6) is 0 Å². The van der Waals surface area contributed by atoms with Gasteiger partial charge in [-0.25, -0.2) is 4.98 Å². The molecule has 0 aliphatic heterocycles. The summed E-state index contributed by atoms with van der Waals surface area (Å²) in [5.41, 5.74) is 0.810. The number of nitrogens with zero attached hydrogens (tertiary/aromatic N) is 3. The molecule has 4 heteroatoms. The fourth-order valence-electron chi connectivity index (χ4n) is 0.776. The van der Waals surface area contributed by atoms with Gasteiger partial charge in [0, 0.05) is 13.6 Å². The Bertz CT molecular complexity index is 235. The van der Waals surface area contributed by atoms with Crippen molar-refractivity contribution in [2.45, 2.75) is 12.8 Å². The summed E-state index contributed by atoms with van der Waals surface area (Å²) in [6.07, 6.45) is 3.44. The highest BCUT2D eigenvalue weighted by atomic mass is 35.5. The maximum atomic E-state index is 5.58. The van der Waals surface area contributed by atoms with Crippen molar-refractivity contribution in [3.05, 3.63) is 18.1 Å². The van der Waals surface area contributed by atoms with Crippen LogP contribution in [0.15, 0.2) is 12.4 Å². The topological polar surface area (TPSA) is 29.0 Å². The minimum Gasteiger partial charge on any atom is -0.359 e. The Balaban J connectivity index is 2.77. The predicted molar refractivity (Wildman–Crippen MR) is 50.5 cm³/mol. The van der Waals surface area contributed by atoms with Crippen LogP contribution in [0.4, 0.5) is 5.82 Å². The van der Waals surface area contributed by atoms with Crippen LogP contribution in [0.2, 0.25) is 0 Å². The number of anilines is 1. The molecule has 1 aromatic rings. The van der Waals surface area contributed by atoms with Gasteiger partial charge in [-0.1, -0.05) is 0 Å². The first kappa shape index (κ1) is 9.26. The molecule has 0 saturated heterocycles. The Labute approximate surface area is 77.4 Å². The average Bonchev–Trinajstić information content (AvgIpc) is 2.17. The zero-order valence-electron chi connectivity index (χ0n) is 7.29. The fourth-order valence-corrected chi connectivity index (χ4v) is 0.914. The average molecular weight is 186 g/mol. The van der Waals surface area contributed by atoms with E-state index in [9.17, 15) is 0 Å².